The molecule has 0 bridgehead atoms. The average molecular weight is 494 g/mol. The summed E-state index contributed by atoms with van der Waals surface area (Å²) in [5.41, 5.74) is 6.95. The Kier molecular flexibility index (Phi) is 6.74. The van der Waals surface area contributed by atoms with Crippen LogP contribution in [0.1, 0.15) is 38.5 Å². The van der Waals surface area contributed by atoms with Crippen LogP contribution in [-0.2, 0) is 9.53 Å². The van der Waals surface area contributed by atoms with Gasteiger partial charge in [0.15, 0.2) is 5.04 Å². The minimum absolute atomic E-state index is 0.234. The molecule has 35 heavy (non-hydrogen) atoms. The van der Waals surface area contributed by atoms with Crippen LogP contribution >= 0.6 is 11.8 Å². The zero-order chi connectivity index (χ0) is 23.8. The Balaban J connectivity index is 1.38. The van der Waals surface area contributed by atoms with Crippen molar-refractivity contribution in [1.82, 2.24) is 9.80 Å². The first-order valence-corrected chi connectivity index (χ1v) is 14.1. The van der Waals surface area contributed by atoms with Crippen LogP contribution in [0.15, 0.2) is 62.2 Å². The number of carbonyl (C=O) groups is 1. The smallest absolute Gasteiger partial charge is 0.361 e. The second kappa shape index (κ2) is 10.1. The maximum atomic E-state index is 11.9. The number of allylic oxidation sites excluding steroid dienone is 7. The first-order valence-electron chi connectivity index (χ1n) is 13.3. The van der Waals surface area contributed by atoms with E-state index in [0.717, 1.165) is 52.4 Å². The van der Waals surface area contributed by atoms with E-state index in [-0.39, 0.29) is 5.04 Å². The molecule has 3 aliphatic carbocycles. The van der Waals surface area contributed by atoms with E-state index >= 15 is 0 Å². The van der Waals surface area contributed by atoms with Gasteiger partial charge in [-0.15, -0.1) is 0 Å². The molecule has 1 saturated carbocycles. The molecule has 6 nitrogen and oxygen atoms in total. The molecule has 1 saturated heterocycles. The number of ether oxygens (including phenoxy) is 1. The Morgan fingerprint density at radius 2 is 2.00 bits per heavy atom. The van der Waals surface area contributed by atoms with Crippen molar-refractivity contribution in [3.8, 4) is 0 Å². The van der Waals surface area contributed by atoms with Crippen molar-refractivity contribution in [2.75, 3.05) is 52.5 Å². The zero-order valence-corrected chi connectivity index (χ0v) is 21.2. The number of aliphatic carboxylic acids is 1. The van der Waals surface area contributed by atoms with E-state index in [4.69, 9.17) is 4.74 Å². The number of hydrogen-bond donors (Lipinski definition) is 1. The van der Waals surface area contributed by atoms with Crippen molar-refractivity contribution >= 4 is 22.8 Å². The maximum absolute atomic E-state index is 11.9. The van der Waals surface area contributed by atoms with E-state index in [0.29, 0.717) is 18.4 Å². The average Bonchev–Trinajstić information content (AvgIpc) is 3.28. The largest absolute Gasteiger partial charge is 0.476 e. The summed E-state index contributed by atoms with van der Waals surface area (Å²) in [6.07, 6.45) is 16.8. The molecule has 2 fully saturated rings. The number of nitrogens with zero attached hydrogens (tertiary/aromatic N) is 3. The Labute approximate surface area is 212 Å². The van der Waals surface area contributed by atoms with Crippen molar-refractivity contribution < 1.29 is 14.6 Å². The van der Waals surface area contributed by atoms with Gasteiger partial charge in [-0.25, -0.2) is 4.79 Å². The lowest BCUT2D eigenvalue weighted by molar-refractivity contribution is -0.129. The van der Waals surface area contributed by atoms with Gasteiger partial charge in [-0.1, -0.05) is 49.3 Å². The van der Waals surface area contributed by atoms with E-state index in [1.165, 1.54) is 76.6 Å². The monoisotopic (exact) mass is 493 g/mol. The molecule has 0 aromatic carbocycles. The fraction of sp³-hybridized carbons (Fsp3) is 0.571. The molecule has 1 atom stereocenters. The summed E-state index contributed by atoms with van der Waals surface area (Å²) in [5.74, 6) is -0.0345. The number of carboxylic acid groups (broad SMARTS) is 1. The van der Waals surface area contributed by atoms with Gasteiger partial charge in [-0.3, -0.25) is 9.89 Å². The van der Waals surface area contributed by atoms with Crippen molar-refractivity contribution in [1.29, 1.82) is 0 Å². The molecule has 1 N–H and O–H groups in total. The van der Waals surface area contributed by atoms with Crippen molar-refractivity contribution in [2.45, 2.75) is 38.5 Å². The Bertz CT molecular complexity index is 1070. The molecule has 0 radical (unpaired) electrons. The molecule has 6 aliphatic rings. The van der Waals surface area contributed by atoms with E-state index < -0.39 is 5.97 Å². The maximum Gasteiger partial charge on any atom is 0.361 e. The molecule has 0 aromatic rings. The summed E-state index contributed by atoms with van der Waals surface area (Å²) in [6.45, 7) is 7.06. The normalized spacial score (nSPS) is 27.6. The third-order valence-electron chi connectivity index (χ3n) is 8.21. The van der Waals surface area contributed by atoms with E-state index in [2.05, 4.69) is 39.2 Å². The quantitative estimate of drug-likeness (QED) is 0.613. The zero-order valence-electron chi connectivity index (χ0n) is 20.4. The van der Waals surface area contributed by atoms with Crippen molar-refractivity contribution in [3.05, 3.63) is 57.2 Å². The molecule has 0 amide bonds. The van der Waals surface area contributed by atoms with Crippen molar-refractivity contribution in [3.63, 3.8) is 0 Å². The number of rotatable bonds is 5. The number of thioether (sulfide) groups is 1. The molecule has 0 spiro atoms. The van der Waals surface area contributed by atoms with Crippen LogP contribution in [0.3, 0.4) is 0 Å². The van der Waals surface area contributed by atoms with Crippen LogP contribution in [0.4, 0.5) is 0 Å². The summed E-state index contributed by atoms with van der Waals surface area (Å²) in [4.78, 5) is 22.5. The van der Waals surface area contributed by atoms with Gasteiger partial charge in [-0.05, 0) is 53.0 Å². The summed E-state index contributed by atoms with van der Waals surface area (Å²) < 4.78 is 5.65. The van der Waals surface area contributed by atoms with Gasteiger partial charge in [-0.2, -0.15) is 0 Å². The van der Waals surface area contributed by atoms with Gasteiger partial charge in [0, 0.05) is 56.4 Å². The third-order valence-corrected chi connectivity index (χ3v) is 9.40. The fourth-order valence-electron chi connectivity index (χ4n) is 6.51. The molecule has 186 valence electrons. The predicted molar refractivity (Wildman–Crippen MR) is 140 cm³/mol. The van der Waals surface area contributed by atoms with Crippen LogP contribution in [-0.4, -0.2) is 78.4 Å². The van der Waals surface area contributed by atoms with Crippen LogP contribution in [0.5, 0.6) is 0 Å². The van der Waals surface area contributed by atoms with Crippen LogP contribution in [0.2, 0.25) is 0 Å². The molecular weight excluding hydrogens is 458 g/mol. The Morgan fingerprint density at radius 1 is 1.11 bits per heavy atom. The van der Waals surface area contributed by atoms with Gasteiger partial charge in [0.05, 0.1) is 13.2 Å². The van der Waals surface area contributed by atoms with Crippen LogP contribution < -0.4 is 0 Å². The lowest BCUT2D eigenvalue weighted by Crippen LogP contribution is -2.35. The molecule has 1 unspecified atom stereocenters. The number of carboxylic acids is 1. The van der Waals surface area contributed by atoms with E-state index in [9.17, 15) is 9.90 Å². The van der Waals surface area contributed by atoms with Gasteiger partial charge < -0.3 is 14.7 Å². The highest BCUT2D eigenvalue weighted by Gasteiger charge is 2.42. The summed E-state index contributed by atoms with van der Waals surface area (Å²) in [5, 5.41) is 10.00. The highest BCUT2D eigenvalue weighted by Crippen LogP contribution is 2.55. The van der Waals surface area contributed by atoms with Gasteiger partial charge in [0.1, 0.15) is 0 Å². The summed E-state index contributed by atoms with van der Waals surface area (Å²) in [6, 6.07) is 0. The molecule has 7 heteroatoms. The minimum atomic E-state index is -0.909. The number of aliphatic imine (C=N–C) groups is 1. The van der Waals surface area contributed by atoms with Crippen molar-refractivity contribution in [2.24, 2.45) is 16.8 Å². The second-order valence-electron chi connectivity index (χ2n) is 10.4. The lowest BCUT2D eigenvalue weighted by Gasteiger charge is -2.28. The molecule has 6 rings (SSSR count). The van der Waals surface area contributed by atoms with E-state index in [1.54, 1.807) is 0 Å². The van der Waals surface area contributed by atoms with E-state index in [1.807, 2.05) is 0 Å². The number of fused-ring (bicyclic) bond motifs is 4. The Hall–Kier alpha value is -2.09. The minimum Gasteiger partial charge on any atom is -0.476 e. The lowest BCUT2D eigenvalue weighted by atomic mass is 9.80. The Morgan fingerprint density at radius 3 is 2.86 bits per heavy atom. The van der Waals surface area contributed by atoms with Gasteiger partial charge in [0.25, 0.3) is 0 Å². The first kappa shape index (κ1) is 23.3. The second-order valence-corrected chi connectivity index (χ2v) is 11.4. The highest BCUT2D eigenvalue weighted by atomic mass is 32.2. The predicted octanol–water partition coefficient (Wildman–Crippen LogP) is 4.40. The summed E-state index contributed by atoms with van der Waals surface area (Å²) in [7, 11) is 0. The SMILES string of the molecule is O=C(O)C1=NCC2=C(S1)C1=C(C3CCCCC3)C3=CC=CC3C1=CN(CCN1CCCOCC1)C2. The van der Waals surface area contributed by atoms with Gasteiger partial charge >= 0.3 is 5.97 Å². The first-order chi connectivity index (χ1) is 17.2. The molecule has 3 heterocycles. The highest BCUT2D eigenvalue weighted by molar-refractivity contribution is 8.19. The number of hydrogen-bond acceptors (Lipinski definition) is 6. The topological polar surface area (TPSA) is 65.4 Å². The molecule has 3 aliphatic heterocycles. The third kappa shape index (κ3) is 4.58. The fourth-order valence-corrected chi connectivity index (χ4v) is 7.53. The van der Waals surface area contributed by atoms with Gasteiger partial charge in [0.2, 0.25) is 0 Å². The standard InChI is InChI=1S/C28H35N3O3S/c32-28(33)27-29-16-20-17-31(12-11-30-10-5-14-34-15-13-30)18-23-21-8-4-9-22(21)24(25(23)26(20)35-27)19-6-2-1-3-7-19/h4,8-9,18-19,21H,1-3,5-7,10-17H2,(H,32,33). The van der Waals surface area contributed by atoms with Crippen LogP contribution in [0, 0.1) is 11.8 Å². The summed E-state index contributed by atoms with van der Waals surface area (Å²) >= 11 is 1.40. The molecular formula is C28H35N3O3S. The van der Waals surface area contributed by atoms with Crippen LogP contribution in [0.25, 0.3) is 0 Å². The molecule has 0 aromatic heterocycles.